The number of carbonyl (C=O) groups is 2. The Balaban J connectivity index is 1.58. The molecule has 2 heterocycles. The van der Waals surface area contributed by atoms with Crippen molar-refractivity contribution in [2.75, 3.05) is 0 Å². The van der Waals surface area contributed by atoms with Crippen LogP contribution < -0.4 is 5.73 Å². The topological polar surface area (TPSA) is 94.1 Å². The average Bonchev–Trinajstić information content (AvgIpc) is 3.29. The van der Waals surface area contributed by atoms with Gasteiger partial charge >= 0.3 is 0 Å². The highest BCUT2D eigenvalue weighted by molar-refractivity contribution is 5.95. The molecule has 1 atom stereocenters. The van der Waals surface area contributed by atoms with Gasteiger partial charge in [0.2, 0.25) is 11.7 Å². The Morgan fingerprint density at radius 2 is 1.47 bits per heavy atom. The highest BCUT2D eigenvalue weighted by Gasteiger charge is 2.35. The van der Waals surface area contributed by atoms with Gasteiger partial charge in [0.15, 0.2) is 5.82 Å². The Kier molecular flexibility index (Phi) is 4.99. The molecule has 0 saturated carbocycles. The number of para-hydroxylation sites is 1. The van der Waals surface area contributed by atoms with E-state index in [4.69, 9.17) is 5.73 Å². The van der Waals surface area contributed by atoms with E-state index in [9.17, 15) is 9.59 Å². The predicted octanol–water partition coefficient (Wildman–Crippen LogP) is 2.99. The Morgan fingerprint density at radius 3 is 2.16 bits per heavy atom. The maximum atomic E-state index is 13.5. The lowest BCUT2D eigenvalue weighted by Gasteiger charge is -2.34. The van der Waals surface area contributed by atoms with Crippen molar-refractivity contribution in [2.45, 2.75) is 19.0 Å². The molecule has 4 aromatic rings. The molecule has 1 aliphatic heterocycles. The minimum absolute atomic E-state index is 0.0262. The number of nitrogens with two attached hydrogens (primary N) is 1. The SMILES string of the molecule is NC(=O)C1Cc2ccccc2CN1C(=O)c1nc(-c2ccccc2)n(-c2ccccc2)n1. The molecule has 0 bridgehead atoms. The number of amides is 2. The summed E-state index contributed by atoms with van der Waals surface area (Å²) in [4.78, 5) is 31.8. The summed E-state index contributed by atoms with van der Waals surface area (Å²) in [5.41, 5.74) is 9.30. The van der Waals surface area contributed by atoms with Crippen LogP contribution in [0.3, 0.4) is 0 Å². The van der Waals surface area contributed by atoms with E-state index in [1.807, 2.05) is 84.9 Å². The van der Waals surface area contributed by atoms with Gasteiger partial charge < -0.3 is 10.6 Å². The van der Waals surface area contributed by atoms with Crippen molar-refractivity contribution in [2.24, 2.45) is 5.73 Å². The molecule has 1 aliphatic rings. The molecular weight excluding hydrogens is 402 g/mol. The molecule has 0 aliphatic carbocycles. The van der Waals surface area contributed by atoms with Crippen molar-refractivity contribution in [3.05, 3.63) is 102 Å². The third kappa shape index (κ3) is 3.54. The molecule has 0 saturated heterocycles. The highest BCUT2D eigenvalue weighted by atomic mass is 16.2. The highest BCUT2D eigenvalue weighted by Crippen LogP contribution is 2.26. The maximum Gasteiger partial charge on any atom is 0.294 e. The first kappa shape index (κ1) is 19.7. The number of benzene rings is 3. The van der Waals surface area contributed by atoms with Crippen LogP contribution in [0, 0.1) is 0 Å². The lowest BCUT2D eigenvalue weighted by Crippen LogP contribution is -2.51. The van der Waals surface area contributed by atoms with E-state index in [2.05, 4.69) is 10.1 Å². The van der Waals surface area contributed by atoms with E-state index < -0.39 is 17.9 Å². The molecule has 7 nitrogen and oxygen atoms in total. The van der Waals surface area contributed by atoms with Crippen LogP contribution >= 0.6 is 0 Å². The van der Waals surface area contributed by atoms with Crippen LogP contribution in [0.25, 0.3) is 17.1 Å². The molecule has 5 rings (SSSR count). The zero-order chi connectivity index (χ0) is 22.1. The number of nitrogens with zero attached hydrogens (tertiary/aromatic N) is 4. The molecule has 1 aromatic heterocycles. The van der Waals surface area contributed by atoms with Gasteiger partial charge in [-0.15, -0.1) is 5.10 Å². The van der Waals surface area contributed by atoms with Gasteiger partial charge in [-0.2, -0.15) is 0 Å². The van der Waals surface area contributed by atoms with Gasteiger partial charge in [0.1, 0.15) is 6.04 Å². The minimum atomic E-state index is -0.749. The third-order valence-corrected chi connectivity index (χ3v) is 5.67. The maximum absolute atomic E-state index is 13.5. The number of hydrogen-bond acceptors (Lipinski definition) is 4. The molecule has 0 spiro atoms. The van der Waals surface area contributed by atoms with E-state index in [1.54, 1.807) is 4.68 Å². The van der Waals surface area contributed by atoms with E-state index in [1.165, 1.54) is 4.90 Å². The standard InChI is InChI=1S/C25H21N5O2/c26-22(31)21-15-18-11-7-8-12-19(18)16-29(21)25(32)23-27-24(17-9-3-1-4-10-17)30(28-23)20-13-5-2-6-14-20/h1-14,21H,15-16H2,(H2,26,31). The molecular formula is C25H21N5O2. The van der Waals surface area contributed by atoms with Gasteiger partial charge in [0.05, 0.1) is 5.69 Å². The quantitative estimate of drug-likeness (QED) is 0.546. The van der Waals surface area contributed by atoms with Crippen LogP contribution in [0.5, 0.6) is 0 Å². The molecule has 2 amide bonds. The van der Waals surface area contributed by atoms with Gasteiger partial charge in [-0.05, 0) is 23.3 Å². The van der Waals surface area contributed by atoms with Crippen LogP contribution in [-0.2, 0) is 17.8 Å². The van der Waals surface area contributed by atoms with Crippen LogP contribution in [0.2, 0.25) is 0 Å². The van der Waals surface area contributed by atoms with Gasteiger partial charge in [-0.25, -0.2) is 9.67 Å². The number of rotatable bonds is 4. The lowest BCUT2D eigenvalue weighted by atomic mass is 9.93. The number of carbonyl (C=O) groups excluding carboxylic acids is 2. The lowest BCUT2D eigenvalue weighted by molar-refractivity contribution is -0.122. The predicted molar refractivity (Wildman–Crippen MR) is 120 cm³/mol. The monoisotopic (exact) mass is 423 g/mol. The first-order valence-electron chi connectivity index (χ1n) is 10.4. The number of aromatic nitrogens is 3. The number of fused-ring (bicyclic) bond motifs is 1. The molecule has 3 aromatic carbocycles. The summed E-state index contributed by atoms with van der Waals surface area (Å²) in [5, 5.41) is 4.54. The smallest absolute Gasteiger partial charge is 0.294 e. The van der Waals surface area contributed by atoms with Crippen LogP contribution in [0.15, 0.2) is 84.9 Å². The van der Waals surface area contributed by atoms with E-state index in [0.717, 1.165) is 22.4 Å². The minimum Gasteiger partial charge on any atom is -0.368 e. The largest absolute Gasteiger partial charge is 0.368 e. The molecule has 0 fully saturated rings. The van der Waals surface area contributed by atoms with Crippen LogP contribution in [0.1, 0.15) is 21.7 Å². The summed E-state index contributed by atoms with van der Waals surface area (Å²) < 4.78 is 1.65. The summed E-state index contributed by atoms with van der Waals surface area (Å²) in [6.45, 7) is 0.281. The molecule has 7 heteroatoms. The third-order valence-electron chi connectivity index (χ3n) is 5.67. The van der Waals surface area contributed by atoms with Crippen molar-refractivity contribution in [3.63, 3.8) is 0 Å². The van der Waals surface area contributed by atoms with Gasteiger partial charge in [0, 0.05) is 18.5 Å². The van der Waals surface area contributed by atoms with Crippen molar-refractivity contribution in [1.29, 1.82) is 0 Å². The van der Waals surface area contributed by atoms with E-state index in [0.29, 0.717) is 12.2 Å². The van der Waals surface area contributed by atoms with Crippen LogP contribution in [0.4, 0.5) is 0 Å². The summed E-state index contributed by atoms with van der Waals surface area (Å²) in [6, 6.07) is 26.1. The van der Waals surface area contributed by atoms with Gasteiger partial charge in [0.25, 0.3) is 5.91 Å². The summed E-state index contributed by atoms with van der Waals surface area (Å²) in [5.74, 6) is -0.389. The van der Waals surface area contributed by atoms with Crippen LogP contribution in [-0.4, -0.2) is 37.5 Å². The Morgan fingerprint density at radius 1 is 0.844 bits per heavy atom. The van der Waals surface area contributed by atoms with Gasteiger partial charge in [-0.3, -0.25) is 9.59 Å². The van der Waals surface area contributed by atoms with E-state index >= 15 is 0 Å². The molecule has 32 heavy (non-hydrogen) atoms. The van der Waals surface area contributed by atoms with Crippen molar-refractivity contribution in [3.8, 4) is 17.1 Å². The number of hydrogen-bond donors (Lipinski definition) is 1. The second kappa shape index (κ2) is 8.11. The zero-order valence-electron chi connectivity index (χ0n) is 17.3. The molecule has 0 radical (unpaired) electrons. The molecule has 2 N–H and O–H groups in total. The fourth-order valence-electron chi connectivity index (χ4n) is 4.05. The second-order valence-electron chi connectivity index (χ2n) is 7.70. The zero-order valence-corrected chi connectivity index (χ0v) is 17.3. The Bertz CT molecular complexity index is 1230. The first-order valence-corrected chi connectivity index (χ1v) is 10.4. The number of primary amides is 1. The second-order valence-corrected chi connectivity index (χ2v) is 7.70. The summed E-state index contributed by atoms with van der Waals surface area (Å²) in [7, 11) is 0. The fraction of sp³-hybridized carbons (Fsp3) is 0.120. The van der Waals surface area contributed by atoms with Crippen molar-refractivity contribution in [1.82, 2.24) is 19.7 Å². The molecule has 1 unspecified atom stereocenters. The van der Waals surface area contributed by atoms with Crippen molar-refractivity contribution < 1.29 is 9.59 Å². The fourth-order valence-corrected chi connectivity index (χ4v) is 4.05. The normalized spacial score (nSPS) is 15.2. The Hall–Kier alpha value is -4.26. The first-order chi connectivity index (χ1) is 15.6. The Labute approximate surface area is 185 Å². The summed E-state index contributed by atoms with van der Waals surface area (Å²) >= 11 is 0. The van der Waals surface area contributed by atoms with Gasteiger partial charge in [-0.1, -0.05) is 72.8 Å². The average molecular weight is 423 g/mol. The van der Waals surface area contributed by atoms with Crippen molar-refractivity contribution >= 4 is 11.8 Å². The summed E-state index contributed by atoms with van der Waals surface area (Å²) in [6.07, 6.45) is 0.377. The van der Waals surface area contributed by atoms with E-state index in [-0.39, 0.29) is 12.4 Å². The molecule has 158 valence electrons.